The normalized spacial score (nSPS) is 12.1. The summed E-state index contributed by atoms with van der Waals surface area (Å²) in [6.07, 6.45) is 2.24. The molecule has 0 spiro atoms. The van der Waals surface area contributed by atoms with E-state index in [-0.39, 0.29) is 5.91 Å². The van der Waals surface area contributed by atoms with Crippen LogP contribution in [0.2, 0.25) is 5.02 Å². The lowest BCUT2D eigenvalue weighted by Crippen LogP contribution is -2.13. The summed E-state index contributed by atoms with van der Waals surface area (Å²) < 4.78 is 1.90. The highest BCUT2D eigenvalue weighted by molar-refractivity contribution is 6.34. The lowest BCUT2D eigenvalue weighted by Gasteiger charge is -2.13. The number of nitrogens with zero attached hydrogens (tertiary/aromatic N) is 1. The second-order valence-corrected chi connectivity index (χ2v) is 6.57. The van der Waals surface area contributed by atoms with E-state index in [0.29, 0.717) is 28.3 Å². The number of amides is 1. The summed E-state index contributed by atoms with van der Waals surface area (Å²) in [4.78, 5) is 24.0. The van der Waals surface area contributed by atoms with Crippen LogP contribution < -0.4 is 5.32 Å². The van der Waals surface area contributed by atoms with Gasteiger partial charge in [0, 0.05) is 24.1 Å². The number of carbonyl (C=O) groups excluding carboxylic acids is 1. The summed E-state index contributed by atoms with van der Waals surface area (Å²) in [7, 11) is 1.89. The smallest absolute Gasteiger partial charge is 0.310 e. The Kier molecular flexibility index (Phi) is 5.00. The number of halogens is 1. The maximum absolute atomic E-state index is 12.7. The van der Waals surface area contributed by atoms with E-state index in [1.807, 2.05) is 42.8 Å². The van der Waals surface area contributed by atoms with E-state index in [1.54, 1.807) is 24.4 Å². The quantitative estimate of drug-likeness (QED) is 0.686. The Balaban J connectivity index is 1.89. The van der Waals surface area contributed by atoms with Crippen molar-refractivity contribution in [3.8, 4) is 0 Å². The minimum absolute atomic E-state index is 0.262. The third-order valence-electron chi connectivity index (χ3n) is 4.49. The molecule has 0 aliphatic heterocycles. The van der Waals surface area contributed by atoms with Crippen molar-refractivity contribution in [2.75, 3.05) is 5.32 Å². The van der Waals surface area contributed by atoms with Gasteiger partial charge < -0.3 is 15.0 Å². The van der Waals surface area contributed by atoms with Crippen molar-refractivity contribution in [3.05, 3.63) is 64.8 Å². The first-order valence-electron chi connectivity index (χ1n) is 8.30. The van der Waals surface area contributed by atoms with Gasteiger partial charge in [-0.15, -0.1) is 0 Å². The zero-order chi connectivity index (χ0) is 18.8. The standard InChI is InChI=1S/C20H19ClN2O3/c1-3-13(20(25)26)12-8-9-17(16(21)10-12)22-19(24)15-11-23(2)18-7-5-4-6-14(15)18/h4-11,13H,3H2,1-2H3,(H,22,24)(H,25,26). The van der Waals surface area contributed by atoms with E-state index in [9.17, 15) is 14.7 Å². The Morgan fingerprint density at radius 3 is 2.62 bits per heavy atom. The van der Waals surface area contributed by atoms with Gasteiger partial charge in [-0.1, -0.05) is 42.8 Å². The highest BCUT2D eigenvalue weighted by Crippen LogP contribution is 2.29. The van der Waals surface area contributed by atoms with Crippen molar-refractivity contribution in [1.82, 2.24) is 4.57 Å². The van der Waals surface area contributed by atoms with Gasteiger partial charge in [0.25, 0.3) is 5.91 Å². The molecule has 1 atom stereocenters. The largest absolute Gasteiger partial charge is 0.481 e. The van der Waals surface area contributed by atoms with Gasteiger partial charge in [-0.25, -0.2) is 0 Å². The van der Waals surface area contributed by atoms with Crippen LogP contribution >= 0.6 is 11.6 Å². The first-order valence-corrected chi connectivity index (χ1v) is 8.67. The maximum atomic E-state index is 12.7. The molecule has 0 aliphatic carbocycles. The summed E-state index contributed by atoms with van der Waals surface area (Å²) in [6, 6.07) is 12.6. The van der Waals surface area contributed by atoms with Gasteiger partial charge in [0.15, 0.2) is 0 Å². The van der Waals surface area contributed by atoms with Crippen molar-refractivity contribution >= 4 is 40.1 Å². The highest BCUT2D eigenvalue weighted by Gasteiger charge is 2.20. The molecule has 3 aromatic rings. The van der Waals surface area contributed by atoms with E-state index in [1.165, 1.54) is 0 Å². The first kappa shape index (κ1) is 18.0. The number of nitrogens with one attached hydrogen (secondary N) is 1. The number of aryl methyl sites for hydroxylation is 1. The Hall–Kier alpha value is -2.79. The SMILES string of the molecule is CCC(C(=O)O)c1ccc(NC(=O)c2cn(C)c3ccccc23)c(Cl)c1. The molecule has 2 aromatic carbocycles. The van der Waals surface area contributed by atoms with Crippen LogP contribution in [0.1, 0.15) is 35.2 Å². The van der Waals surface area contributed by atoms with E-state index in [4.69, 9.17) is 11.6 Å². The molecular formula is C20H19ClN2O3. The van der Waals surface area contributed by atoms with Crippen LogP contribution in [0.5, 0.6) is 0 Å². The number of fused-ring (bicyclic) bond motifs is 1. The van der Waals surface area contributed by atoms with Gasteiger partial charge in [0.05, 0.1) is 22.2 Å². The van der Waals surface area contributed by atoms with E-state index in [2.05, 4.69) is 5.32 Å². The summed E-state index contributed by atoms with van der Waals surface area (Å²) in [6.45, 7) is 1.81. The van der Waals surface area contributed by atoms with Crippen molar-refractivity contribution in [3.63, 3.8) is 0 Å². The van der Waals surface area contributed by atoms with Gasteiger partial charge >= 0.3 is 5.97 Å². The number of aromatic nitrogens is 1. The fraction of sp³-hybridized carbons (Fsp3) is 0.200. The topological polar surface area (TPSA) is 71.3 Å². The number of carboxylic acid groups (broad SMARTS) is 1. The number of carbonyl (C=O) groups is 2. The van der Waals surface area contributed by atoms with Crippen LogP contribution in [-0.4, -0.2) is 21.6 Å². The molecular weight excluding hydrogens is 352 g/mol. The molecule has 1 heterocycles. The number of hydrogen-bond donors (Lipinski definition) is 2. The molecule has 0 aliphatic rings. The number of para-hydroxylation sites is 1. The molecule has 0 saturated carbocycles. The summed E-state index contributed by atoms with van der Waals surface area (Å²) in [5, 5.41) is 13.3. The maximum Gasteiger partial charge on any atom is 0.310 e. The third kappa shape index (κ3) is 3.30. The van der Waals surface area contributed by atoms with Crippen LogP contribution in [0, 0.1) is 0 Å². The number of aliphatic carboxylic acids is 1. The third-order valence-corrected chi connectivity index (χ3v) is 4.80. The van der Waals surface area contributed by atoms with Crippen LogP contribution in [-0.2, 0) is 11.8 Å². The number of benzene rings is 2. The molecule has 26 heavy (non-hydrogen) atoms. The Morgan fingerprint density at radius 1 is 1.23 bits per heavy atom. The molecule has 1 amide bonds. The number of rotatable bonds is 5. The molecule has 1 aromatic heterocycles. The summed E-state index contributed by atoms with van der Waals surface area (Å²) >= 11 is 6.28. The molecule has 2 N–H and O–H groups in total. The van der Waals surface area contributed by atoms with Gasteiger partial charge in [0.2, 0.25) is 0 Å². The van der Waals surface area contributed by atoms with Crippen LogP contribution in [0.4, 0.5) is 5.69 Å². The predicted octanol–water partition coefficient (Wildman–Crippen LogP) is 4.66. The highest BCUT2D eigenvalue weighted by atomic mass is 35.5. The molecule has 134 valence electrons. The average molecular weight is 371 g/mol. The molecule has 0 saturated heterocycles. The van der Waals surface area contributed by atoms with Crippen molar-refractivity contribution < 1.29 is 14.7 Å². The van der Waals surface area contributed by atoms with Gasteiger partial charge in [-0.3, -0.25) is 9.59 Å². The van der Waals surface area contributed by atoms with E-state index < -0.39 is 11.9 Å². The van der Waals surface area contributed by atoms with Crippen LogP contribution in [0.25, 0.3) is 10.9 Å². The average Bonchev–Trinajstić information content (AvgIpc) is 2.95. The predicted molar refractivity (Wildman–Crippen MR) is 103 cm³/mol. The monoisotopic (exact) mass is 370 g/mol. The zero-order valence-corrected chi connectivity index (χ0v) is 15.2. The molecule has 1 unspecified atom stereocenters. The molecule has 5 nitrogen and oxygen atoms in total. The van der Waals surface area contributed by atoms with Crippen molar-refractivity contribution in [1.29, 1.82) is 0 Å². The second-order valence-electron chi connectivity index (χ2n) is 6.16. The van der Waals surface area contributed by atoms with Crippen LogP contribution in [0.3, 0.4) is 0 Å². The second kappa shape index (κ2) is 7.22. The van der Waals surface area contributed by atoms with Gasteiger partial charge in [0.1, 0.15) is 0 Å². The fourth-order valence-electron chi connectivity index (χ4n) is 3.11. The van der Waals surface area contributed by atoms with Crippen molar-refractivity contribution in [2.24, 2.45) is 7.05 Å². The molecule has 3 rings (SSSR count). The summed E-state index contributed by atoms with van der Waals surface area (Å²) in [5.74, 6) is -1.77. The number of anilines is 1. The minimum Gasteiger partial charge on any atom is -0.481 e. The molecule has 6 heteroatoms. The van der Waals surface area contributed by atoms with Gasteiger partial charge in [-0.2, -0.15) is 0 Å². The fourth-order valence-corrected chi connectivity index (χ4v) is 3.35. The minimum atomic E-state index is -0.892. The summed E-state index contributed by atoms with van der Waals surface area (Å²) in [5.41, 5.74) is 2.59. The van der Waals surface area contributed by atoms with E-state index >= 15 is 0 Å². The van der Waals surface area contributed by atoms with Crippen LogP contribution in [0.15, 0.2) is 48.7 Å². The zero-order valence-electron chi connectivity index (χ0n) is 14.5. The number of carboxylic acids is 1. The van der Waals surface area contributed by atoms with E-state index in [0.717, 1.165) is 10.9 Å². The number of hydrogen-bond acceptors (Lipinski definition) is 2. The Bertz CT molecular complexity index is 994. The lowest BCUT2D eigenvalue weighted by molar-refractivity contribution is -0.138. The van der Waals surface area contributed by atoms with Crippen molar-refractivity contribution in [2.45, 2.75) is 19.3 Å². The van der Waals surface area contributed by atoms with Gasteiger partial charge in [-0.05, 0) is 30.2 Å². The Labute approximate surface area is 156 Å². The lowest BCUT2D eigenvalue weighted by atomic mass is 9.96. The molecule has 0 fully saturated rings. The molecule has 0 radical (unpaired) electrons. The molecule has 0 bridgehead atoms. The first-order chi connectivity index (χ1) is 12.4. The Morgan fingerprint density at radius 2 is 1.96 bits per heavy atom.